The van der Waals surface area contributed by atoms with E-state index in [0.717, 1.165) is 0 Å². The van der Waals surface area contributed by atoms with Crippen molar-refractivity contribution in [3.63, 3.8) is 0 Å². The fraction of sp³-hybridized carbons (Fsp3) is 0.333. The van der Waals surface area contributed by atoms with E-state index in [2.05, 4.69) is 6.58 Å². The van der Waals surface area contributed by atoms with Gasteiger partial charge in [0.1, 0.15) is 0 Å². The molecular weight excluding hydrogens is 195 g/mol. The molecule has 5 heavy (non-hydrogen) atoms. The Kier molecular flexibility index (Phi) is 18.4. The molecule has 0 unspecified atom stereocenters. The number of rotatable bonds is 1. The zero-order chi connectivity index (χ0) is 3.41. The van der Waals surface area contributed by atoms with Crippen molar-refractivity contribution in [3.8, 4) is 0 Å². The minimum absolute atomic E-state index is 0. The average molecular weight is 203 g/mol. The molecule has 0 saturated carbocycles. The summed E-state index contributed by atoms with van der Waals surface area (Å²) in [5.41, 5.74) is 0. The van der Waals surface area contributed by atoms with E-state index in [4.69, 9.17) is 0 Å². The van der Waals surface area contributed by atoms with Crippen LogP contribution >= 0.6 is 0 Å². The molecule has 0 rings (SSSR count). The van der Waals surface area contributed by atoms with Gasteiger partial charge in [0.05, 0.1) is 0 Å². The Hall–Kier alpha value is 1.80. The molecule has 0 aromatic rings. The Morgan fingerprint density at radius 3 is 2.20 bits per heavy atom. The van der Waals surface area contributed by atoms with Crippen LogP contribution in [-0.2, 0) is 0 Å². The van der Waals surface area contributed by atoms with E-state index in [-0.39, 0.29) is 40.6 Å². The summed E-state index contributed by atoms with van der Waals surface area (Å²) in [6.45, 7) is 3.51. The van der Waals surface area contributed by atoms with E-state index in [1.165, 1.54) is 27.0 Å². The first-order valence-electron chi connectivity index (χ1n) is 1.22. The summed E-state index contributed by atoms with van der Waals surface area (Å²) in [5.74, 6) is 0. The van der Waals surface area contributed by atoms with Gasteiger partial charge in [0, 0.05) is 0 Å². The van der Waals surface area contributed by atoms with E-state index in [0.29, 0.717) is 0 Å². The standard InChI is InChI=1S/C3H5.Ca.Sn.3H/c1-3-2;;;;;/h3H,1-2H2;;;;;/q;+2;;;2*-1. The first kappa shape index (κ1) is 9.93. The summed E-state index contributed by atoms with van der Waals surface area (Å²) in [5, 5.41) is 0. The molecule has 0 N–H and O–H groups in total. The van der Waals surface area contributed by atoms with Crippen LogP contribution in [0, 0.1) is 0 Å². The third-order valence-electron chi connectivity index (χ3n) is 0.167. The van der Waals surface area contributed by atoms with Gasteiger partial charge >= 0.3 is 77.4 Å². The predicted octanol–water partition coefficient (Wildman–Crippen LogP) is 0.336. The predicted molar refractivity (Wildman–Crippen MR) is 30.1 cm³/mol. The first-order valence-corrected chi connectivity index (χ1v) is 3.56. The van der Waals surface area contributed by atoms with E-state index in [1.807, 2.05) is 6.08 Å². The second-order valence-electron chi connectivity index (χ2n) is 0.524. The smallest absolute Gasteiger partial charge is 1.00 e. The maximum atomic E-state index is 3.51. The zero-order valence-corrected chi connectivity index (χ0v) is 8.78. The van der Waals surface area contributed by atoms with Gasteiger partial charge in [-0.1, -0.05) is 0 Å². The minimum Gasteiger partial charge on any atom is -1.00 e. The number of allylic oxidation sites excluding steroid dienone is 1. The molecule has 0 nitrogen and oxygen atoms in total. The fourth-order valence-corrected chi connectivity index (χ4v) is 0. The van der Waals surface area contributed by atoms with Crippen LogP contribution in [0.2, 0.25) is 4.44 Å². The van der Waals surface area contributed by atoms with Crippen molar-refractivity contribution in [1.29, 1.82) is 0 Å². The monoisotopic (exact) mass is 204 g/mol. The summed E-state index contributed by atoms with van der Waals surface area (Å²) in [6.07, 6.45) is 1.93. The maximum Gasteiger partial charge on any atom is 2.00 e. The van der Waals surface area contributed by atoms with E-state index in [1.54, 1.807) is 0 Å². The molecule has 0 aromatic heterocycles. The molecule has 0 saturated heterocycles. The van der Waals surface area contributed by atoms with Gasteiger partial charge in [0.25, 0.3) is 0 Å². The Labute approximate surface area is 79.1 Å². The van der Waals surface area contributed by atoms with Crippen LogP contribution < -0.4 is 0 Å². The van der Waals surface area contributed by atoms with Crippen LogP contribution in [-0.4, -0.2) is 60.3 Å². The van der Waals surface area contributed by atoms with Crippen LogP contribution in [0.1, 0.15) is 2.85 Å². The van der Waals surface area contributed by atoms with Gasteiger partial charge in [-0.25, -0.2) is 0 Å². The van der Waals surface area contributed by atoms with Gasteiger partial charge in [0.15, 0.2) is 0 Å². The summed E-state index contributed by atoms with van der Waals surface area (Å²) in [4.78, 5) is 0. The van der Waals surface area contributed by atoms with Crippen LogP contribution in [0.25, 0.3) is 0 Å². The quantitative estimate of drug-likeness (QED) is 0.425. The summed E-state index contributed by atoms with van der Waals surface area (Å²) in [6, 6.07) is 0. The van der Waals surface area contributed by atoms with Crippen molar-refractivity contribution < 1.29 is 2.85 Å². The SMILES string of the molecule is C=C[CH2][SnH].[Ca+2].[H-].[H-]. The van der Waals surface area contributed by atoms with E-state index >= 15 is 0 Å². The third-order valence-corrected chi connectivity index (χ3v) is 1.12. The van der Waals surface area contributed by atoms with Gasteiger partial charge < -0.3 is 2.85 Å². The zero-order valence-electron chi connectivity index (χ0n) is 5.28. The van der Waals surface area contributed by atoms with Crippen LogP contribution in [0.5, 0.6) is 0 Å². The largest absolute Gasteiger partial charge is 2.00 e. The van der Waals surface area contributed by atoms with Gasteiger partial charge in [0.2, 0.25) is 0 Å². The molecule has 0 heterocycles. The Bertz CT molecular complexity index is 26.9. The van der Waals surface area contributed by atoms with Crippen molar-refractivity contribution in [3.05, 3.63) is 12.7 Å². The van der Waals surface area contributed by atoms with Gasteiger partial charge in [-0.3, -0.25) is 0 Å². The van der Waals surface area contributed by atoms with Crippen LogP contribution in [0.4, 0.5) is 0 Å². The molecule has 0 amide bonds. The number of hydrogen-bond acceptors (Lipinski definition) is 0. The second kappa shape index (κ2) is 9.25. The normalized spacial score (nSPS) is 5.00. The summed E-state index contributed by atoms with van der Waals surface area (Å²) < 4.78 is 1.21. The minimum atomic E-state index is 0. The molecule has 2 heteroatoms. The second-order valence-corrected chi connectivity index (χ2v) is 1.87. The van der Waals surface area contributed by atoms with Crippen molar-refractivity contribution in [2.24, 2.45) is 0 Å². The molecular formula is C3H8CaSn. The Balaban J connectivity index is -0.0000000150. The van der Waals surface area contributed by atoms with Gasteiger partial charge in [-0.15, -0.1) is 0 Å². The molecule has 0 atom stereocenters. The third kappa shape index (κ3) is 10.7. The molecule has 0 spiro atoms. The topological polar surface area (TPSA) is 0 Å². The molecule has 0 aliphatic carbocycles. The van der Waals surface area contributed by atoms with Crippen LogP contribution in [0.15, 0.2) is 12.7 Å². The van der Waals surface area contributed by atoms with Crippen LogP contribution in [0.3, 0.4) is 0 Å². The average Bonchev–Trinajstić information content (AvgIpc) is 1.37. The van der Waals surface area contributed by atoms with Crippen molar-refractivity contribution in [1.82, 2.24) is 0 Å². The molecule has 0 aliphatic rings. The maximum absolute atomic E-state index is 3.51. The summed E-state index contributed by atoms with van der Waals surface area (Å²) in [7, 11) is 0. The fourth-order valence-electron chi connectivity index (χ4n) is 0. The van der Waals surface area contributed by atoms with Crippen molar-refractivity contribution >= 4 is 60.3 Å². The van der Waals surface area contributed by atoms with Crippen molar-refractivity contribution in [2.75, 3.05) is 0 Å². The van der Waals surface area contributed by atoms with E-state index in [9.17, 15) is 0 Å². The van der Waals surface area contributed by atoms with Gasteiger partial charge in [-0.2, -0.15) is 0 Å². The van der Waals surface area contributed by atoms with Crippen molar-refractivity contribution in [2.45, 2.75) is 4.44 Å². The Morgan fingerprint density at radius 2 is 2.20 bits per heavy atom. The molecule has 0 fully saturated rings. The molecule has 0 aromatic carbocycles. The molecule has 0 bridgehead atoms. The molecule has 26 valence electrons. The Morgan fingerprint density at radius 1 is 2.00 bits per heavy atom. The van der Waals surface area contributed by atoms with Gasteiger partial charge in [-0.05, 0) is 0 Å². The summed E-state index contributed by atoms with van der Waals surface area (Å²) >= 11 is 1.32. The molecule has 2 radical (unpaired) electrons. The first-order chi connectivity index (χ1) is 1.91. The number of hydrogen-bond donors (Lipinski definition) is 0. The molecule has 0 aliphatic heterocycles. The van der Waals surface area contributed by atoms with E-state index < -0.39 is 0 Å².